The molecular weight excluding hydrogens is 863 g/mol. The Hall–Kier alpha value is -1.40. The molecular formula is C64H125NO5. The van der Waals surface area contributed by atoms with E-state index in [4.69, 9.17) is 4.74 Å². The van der Waals surface area contributed by atoms with Gasteiger partial charge in [0.05, 0.1) is 25.4 Å². The van der Waals surface area contributed by atoms with Crippen molar-refractivity contribution in [1.82, 2.24) is 5.32 Å². The normalized spacial score (nSPS) is 12.6. The van der Waals surface area contributed by atoms with Crippen molar-refractivity contribution in [1.29, 1.82) is 0 Å². The van der Waals surface area contributed by atoms with Crippen LogP contribution in [-0.4, -0.2) is 47.4 Å². The molecule has 0 saturated heterocycles. The summed E-state index contributed by atoms with van der Waals surface area (Å²) in [5.41, 5.74) is 0. The lowest BCUT2D eigenvalue weighted by Gasteiger charge is -2.20. The molecule has 0 rings (SSSR count). The molecule has 70 heavy (non-hydrogen) atoms. The Bertz CT molecular complexity index is 1050. The second kappa shape index (κ2) is 60.2. The monoisotopic (exact) mass is 988 g/mol. The molecule has 0 aromatic carbocycles. The lowest BCUT2D eigenvalue weighted by molar-refractivity contribution is -0.143. The van der Waals surface area contributed by atoms with Gasteiger partial charge in [0.25, 0.3) is 0 Å². The summed E-state index contributed by atoms with van der Waals surface area (Å²) < 4.78 is 5.50. The van der Waals surface area contributed by atoms with E-state index in [9.17, 15) is 19.8 Å². The highest BCUT2D eigenvalue weighted by molar-refractivity contribution is 5.76. The molecule has 6 heteroatoms. The number of aliphatic hydroxyl groups is 2. The van der Waals surface area contributed by atoms with Crippen LogP contribution in [0.3, 0.4) is 0 Å². The van der Waals surface area contributed by atoms with Crippen molar-refractivity contribution in [2.24, 2.45) is 0 Å². The van der Waals surface area contributed by atoms with Gasteiger partial charge >= 0.3 is 5.97 Å². The summed E-state index contributed by atoms with van der Waals surface area (Å²) in [6, 6.07) is -0.626. The van der Waals surface area contributed by atoms with Gasteiger partial charge in [-0.1, -0.05) is 328 Å². The van der Waals surface area contributed by atoms with Gasteiger partial charge < -0.3 is 20.3 Å². The molecule has 0 heterocycles. The van der Waals surface area contributed by atoms with Gasteiger partial charge in [-0.15, -0.1) is 0 Å². The fourth-order valence-corrected chi connectivity index (χ4v) is 10.2. The molecule has 2 atom stereocenters. The van der Waals surface area contributed by atoms with Crippen molar-refractivity contribution in [3.8, 4) is 0 Å². The summed E-state index contributed by atoms with van der Waals surface area (Å²) in [5, 5.41) is 23.1. The quantitative estimate of drug-likeness (QED) is 0.0321. The third kappa shape index (κ3) is 55.9. The number of rotatable bonds is 60. The number of hydrogen-bond acceptors (Lipinski definition) is 5. The summed E-state index contributed by atoms with van der Waals surface area (Å²) >= 11 is 0. The second-order valence-electron chi connectivity index (χ2n) is 22.1. The van der Waals surface area contributed by atoms with Crippen molar-refractivity contribution in [2.45, 2.75) is 373 Å². The number of ether oxygens (including phenoxy) is 1. The maximum atomic E-state index is 12.5. The Labute approximate surface area is 438 Å². The van der Waals surface area contributed by atoms with Gasteiger partial charge in [0.2, 0.25) is 5.91 Å². The molecule has 3 N–H and O–H groups in total. The SMILES string of the molecule is CCCCCCCCCCCCCC/C=C/C(O)C(CO)NC(=O)CCCCCCCCCCCCCCCCCCCCCCCCCOC(=O)CCCCCCCCCCCCCCCCCC. The lowest BCUT2D eigenvalue weighted by atomic mass is 10.0. The standard InChI is InChI=1S/C64H125NO5/c1-3-5-7-9-11-13-15-17-19-30-34-38-42-46-50-54-58-64(69)70-59-55-51-47-43-39-35-31-28-26-24-22-20-21-23-25-27-29-33-37-41-45-49-53-57-63(68)65-61(60-66)62(67)56-52-48-44-40-36-32-18-16-14-12-10-8-6-4-2/h52,56,61-62,66-67H,3-51,53-55,57-60H2,1-2H3,(H,65,68)/b56-52+. The summed E-state index contributed by atoms with van der Waals surface area (Å²) in [6.45, 7) is 4.93. The fourth-order valence-electron chi connectivity index (χ4n) is 10.2. The predicted octanol–water partition coefficient (Wildman–Crippen LogP) is 20.0. The fraction of sp³-hybridized carbons (Fsp3) is 0.938. The molecule has 0 aliphatic carbocycles. The van der Waals surface area contributed by atoms with Crippen molar-refractivity contribution in [3.05, 3.63) is 12.2 Å². The van der Waals surface area contributed by atoms with E-state index in [2.05, 4.69) is 19.2 Å². The lowest BCUT2D eigenvalue weighted by Crippen LogP contribution is -2.45. The Morgan fingerprint density at radius 1 is 0.386 bits per heavy atom. The molecule has 0 fully saturated rings. The Kier molecular flexibility index (Phi) is 59.0. The van der Waals surface area contributed by atoms with Gasteiger partial charge in [0, 0.05) is 12.8 Å². The van der Waals surface area contributed by atoms with Crippen LogP contribution < -0.4 is 5.32 Å². The number of esters is 1. The van der Waals surface area contributed by atoms with Crippen LogP contribution >= 0.6 is 0 Å². The molecule has 0 spiro atoms. The van der Waals surface area contributed by atoms with Gasteiger partial charge in [-0.3, -0.25) is 9.59 Å². The minimum Gasteiger partial charge on any atom is -0.466 e. The number of aliphatic hydroxyl groups excluding tert-OH is 2. The number of allylic oxidation sites excluding steroid dienone is 1. The van der Waals surface area contributed by atoms with Gasteiger partial charge in [-0.25, -0.2) is 0 Å². The second-order valence-corrected chi connectivity index (χ2v) is 22.1. The maximum Gasteiger partial charge on any atom is 0.305 e. The smallest absolute Gasteiger partial charge is 0.305 e. The Balaban J connectivity index is 3.36. The number of carbonyl (C=O) groups is 2. The molecule has 1 amide bonds. The minimum atomic E-state index is -0.843. The highest BCUT2D eigenvalue weighted by Gasteiger charge is 2.18. The van der Waals surface area contributed by atoms with E-state index >= 15 is 0 Å². The van der Waals surface area contributed by atoms with Crippen molar-refractivity contribution >= 4 is 11.9 Å². The summed E-state index contributed by atoms with van der Waals surface area (Å²) in [6.07, 6.45) is 72.6. The van der Waals surface area contributed by atoms with Crippen molar-refractivity contribution < 1.29 is 24.5 Å². The third-order valence-electron chi connectivity index (χ3n) is 15.1. The highest BCUT2D eigenvalue weighted by Crippen LogP contribution is 2.18. The number of amides is 1. The van der Waals surface area contributed by atoms with Gasteiger partial charge in [0.15, 0.2) is 0 Å². The zero-order valence-electron chi connectivity index (χ0n) is 47.5. The largest absolute Gasteiger partial charge is 0.466 e. The summed E-state index contributed by atoms with van der Waals surface area (Å²) in [7, 11) is 0. The van der Waals surface area contributed by atoms with Crippen molar-refractivity contribution in [2.75, 3.05) is 13.2 Å². The summed E-state index contributed by atoms with van der Waals surface area (Å²) in [4.78, 5) is 24.5. The molecule has 0 saturated carbocycles. The number of unbranched alkanes of at least 4 members (excludes halogenated alkanes) is 49. The van der Waals surface area contributed by atoms with Gasteiger partial charge in [-0.2, -0.15) is 0 Å². The third-order valence-corrected chi connectivity index (χ3v) is 15.1. The zero-order valence-corrected chi connectivity index (χ0v) is 47.5. The van der Waals surface area contributed by atoms with Crippen LogP contribution in [0.2, 0.25) is 0 Å². The first-order valence-electron chi connectivity index (χ1n) is 32.0. The van der Waals surface area contributed by atoms with Gasteiger partial charge in [0.1, 0.15) is 0 Å². The van der Waals surface area contributed by atoms with E-state index in [1.165, 1.54) is 295 Å². The molecule has 0 aliphatic heterocycles. The number of hydrogen-bond donors (Lipinski definition) is 3. The molecule has 0 aromatic rings. The number of carbonyl (C=O) groups excluding carboxylic acids is 2. The molecule has 6 nitrogen and oxygen atoms in total. The molecule has 0 aromatic heterocycles. The van der Waals surface area contributed by atoms with E-state index in [-0.39, 0.29) is 18.5 Å². The van der Waals surface area contributed by atoms with Crippen molar-refractivity contribution in [3.63, 3.8) is 0 Å². The average molecular weight is 989 g/mol. The molecule has 416 valence electrons. The van der Waals surface area contributed by atoms with E-state index in [0.29, 0.717) is 19.4 Å². The Morgan fingerprint density at radius 2 is 0.657 bits per heavy atom. The molecule has 0 radical (unpaired) electrons. The Morgan fingerprint density at radius 3 is 0.971 bits per heavy atom. The van der Waals surface area contributed by atoms with Crippen LogP contribution in [0.25, 0.3) is 0 Å². The van der Waals surface area contributed by atoms with E-state index in [1.54, 1.807) is 6.08 Å². The topological polar surface area (TPSA) is 95.9 Å². The molecule has 0 aliphatic rings. The van der Waals surface area contributed by atoms with Crippen LogP contribution in [0.5, 0.6) is 0 Å². The van der Waals surface area contributed by atoms with E-state index in [1.807, 2.05) is 6.08 Å². The van der Waals surface area contributed by atoms with Crippen LogP contribution in [-0.2, 0) is 14.3 Å². The van der Waals surface area contributed by atoms with E-state index < -0.39 is 12.1 Å². The first kappa shape index (κ1) is 68.6. The highest BCUT2D eigenvalue weighted by atomic mass is 16.5. The van der Waals surface area contributed by atoms with Crippen LogP contribution in [0.4, 0.5) is 0 Å². The first-order valence-corrected chi connectivity index (χ1v) is 32.0. The average Bonchev–Trinajstić information content (AvgIpc) is 3.36. The van der Waals surface area contributed by atoms with Crippen LogP contribution in [0.1, 0.15) is 361 Å². The molecule has 0 bridgehead atoms. The van der Waals surface area contributed by atoms with E-state index in [0.717, 1.165) is 38.5 Å². The zero-order chi connectivity index (χ0) is 50.7. The number of nitrogens with one attached hydrogen (secondary N) is 1. The first-order chi connectivity index (χ1) is 34.5. The van der Waals surface area contributed by atoms with Gasteiger partial charge in [-0.05, 0) is 32.1 Å². The minimum absolute atomic E-state index is 0.0180. The summed E-state index contributed by atoms with van der Waals surface area (Å²) in [5.74, 6) is -0.0474. The predicted molar refractivity (Wildman–Crippen MR) is 306 cm³/mol. The molecule has 2 unspecified atom stereocenters. The van der Waals surface area contributed by atoms with Crippen LogP contribution in [0.15, 0.2) is 12.2 Å². The van der Waals surface area contributed by atoms with Crippen LogP contribution in [0, 0.1) is 0 Å². The maximum absolute atomic E-state index is 12.5.